The molecule has 0 radical (unpaired) electrons. The lowest BCUT2D eigenvalue weighted by Gasteiger charge is -2.27. The molecule has 2 aromatic carbocycles. The van der Waals surface area contributed by atoms with Gasteiger partial charge in [0.15, 0.2) is 0 Å². The van der Waals surface area contributed by atoms with Crippen molar-refractivity contribution < 1.29 is 19.5 Å². The molecular formula is C20H22N2O4. The van der Waals surface area contributed by atoms with Crippen molar-refractivity contribution in [1.29, 1.82) is 0 Å². The molecule has 0 aliphatic carbocycles. The maximum Gasteiger partial charge on any atom is 0.326 e. The van der Waals surface area contributed by atoms with E-state index < -0.39 is 17.9 Å². The zero-order valence-electron chi connectivity index (χ0n) is 15.0. The fraction of sp³-hybridized carbons (Fsp3) is 0.250. The van der Waals surface area contributed by atoms with Gasteiger partial charge in [-0.05, 0) is 30.7 Å². The van der Waals surface area contributed by atoms with Crippen LogP contribution >= 0.6 is 0 Å². The van der Waals surface area contributed by atoms with Gasteiger partial charge in [0, 0.05) is 31.8 Å². The molecular weight excluding hydrogens is 332 g/mol. The van der Waals surface area contributed by atoms with Crippen molar-refractivity contribution in [2.75, 3.05) is 14.1 Å². The smallest absolute Gasteiger partial charge is 0.326 e. The molecule has 6 nitrogen and oxygen atoms in total. The minimum Gasteiger partial charge on any atom is -0.480 e. The van der Waals surface area contributed by atoms with Crippen LogP contribution in [0.3, 0.4) is 0 Å². The molecule has 1 N–H and O–H groups in total. The van der Waals surface area contributed by atoms with Crippen LogP contribution in [0.5, 0.6) is 0 Å². The van der Waals surface area contributed by atoms with Crippen LogP contribution < -0.4 is 0 Å². The summed E-state index contributed by atoms with van der Waals surface area (Å²) in [7, 11) is 3.26. The molecule has 2 rings (SSSR count). The van der Waals surface area contributed by atoms with Crippen molar-refractivity contribution in [3.63, 3.8) is 0 Å². The van der Waals surface area contributed by atoms with Crippen molar-refractivity contribution in [1.82, 2.24) is 9.80 Å². The van der Waals surface area contributed by atoms with Gasteiger partial charge in [-0.15, -0.1) is 0 Å². The number of hydrogen-bond donors (Lipinski definition) is 1. The third-order valence-electron chi connectivity index (χ3n) is 4.04. The Bertz CT molecular complexity index is 802. The van der Waals surface area contributed by atoms with Crippen molar-refractivity contribution in [3.05, 3.63) is 71.3 Å². The van der Waals surface area contributed by atoms with E-state index in [1.807, 2.05) is 30.3 Å². The van der Waals surface area contributed by atoms with Gasteiger partial charge in [0.2, 0.25) is 0 Å². The molecule has 2 amide bonds. The number of hydrogen-bond acceptors (Lipinski definition) is 3. The molecule has 136 valence electrons. The van der Waals surface area contributed by atoms with Crippen LogP contribution in [0.25, 0.3) is 0 Å². The number of carboxylic acid groups (broad SMARTS) is 1. The number of carbonyl (C=O) groups excluding carboxylic acids is 2. The zero-order valence-corrected chi connectivity index (χ0v) is 15.0. The normalized spacial score (nSPS) is 11.5. The van der Waals surface area contributed by atoms with E-state index in [4.69, 9.17) is 0 Å². The lowest BCUT2D eigenvalue weighted by atomic mass is 10.1. The van der Waals surface area contributed by atoms with Crippen LogP contribution in [0, 0.1) is 0 Å². The standard InChI is InChI=1S/C20H22N2O4/c1-14(20(25)26)22(13-15-8-5-4-6-9-15)19(24)17-11-7-10-16(12-17)18(23)21(2)3/h4-12,14H,13H2,1-3H3,(H,25,26). The average molecular weight is 354 g/mol. The second-order valence-electron chi connectivity index (χ2n) is 6.21. The predicted molar refractivity (Wildman–Crippen MR) is 97.9 cm³/mol. The Morgan fingerprint density at radius 3 is 2.04 bits per heavy atom. The number of carboxylic acids is 1. The van der Waals surface area contributed by atoms with Gasteiger partial charge in [0.05, 0.1) is 0 Å². The number of amides is 2. The number of carbonyl (C=O) groups is 3. The minimum atomic E-state index is -1.09. The van der Waals surface area contributed by atoms with E-state index in [1.165, 1.54) is 22.8 Å². The van der Waals surface area contributed by atoms with Gasteiger partial charge in [-0.25, -0.2) is 4.79 Å². The average Bonchev–Trinajstić information content (AvgIpc) is 2.65. The third kappa shape index (κ3) is 4.47. The number of aliphatic carboxylic acids is 1. The van der Waals surface area contributed by atoms with Gasteiger partial charge in [-0.2, -0.15) is 0 Å². The molecule has 1 unspecified atom stereocenters. The summed E-state index contributed by atoms with van der Waals surface area (Å²) < 4.78 is 0. The van der Waals surface area contributed by atoms with Crippen molar-refractivity contribution in [2.45, 2.75) is 19.5 Å². The summed E-state index contributed by atoms with van der Waals surface area (Å²) in [6.45, 7) is 1.64. The van der Waals surface area contributed by atoms with E-state index in [0.717, 1.165) is 5.56 Å². The molecule has 0 bridgehead atoms. The SMILES string of the molecule is CC(C(=O)O)N(Cc1ccccc1)C(=O)c1cccc(C(=O)N(C)C)c1. The Balaban J connectivity index is 2.35. The molecule has 1 atom stereocenters. The fourth-order valence-corrected chi connectivity index (χ4v) is 2.51. The monoisotopic (exact) mass is 354 g/mol. The summed E-state index contributed by atoms with van der Waals surface area (Å²) in [4.78, 5) is 39.3. The highest BCUT2D eigenvalue weighted by Crippen LogP contribution is 2.16. The first-order valence-corrected chi connectivity index (χ1v) is 8.20. The highest BCUT2D eigenvalue weighted by Gasteiger charge is 2.27. The van der Waals surface area contributed by atoms with Crippen LogP contribution in [0.15, 0.2) is 54.6 Å². The Morgan fingerprint density at radius 1 is 0.923 bits per heavy atom. The highest BCUT2D eigenvalue weighted by atomic mass is 16.4. The topological polar surface area (TPSA) is 77.9 Å². The van der Waals surface area contributed by atoms with E-state index >= 15 is 0 Å². The van der Waals surface area contributed by atoms with Crippen molar-refractivity contribution in [2.24, 2.45) is 0 Å². The number of benzene rings is 2. The van der Waals surface area contributed by atoms with Gasteiger partial charge in [0.1, 0.15) is 6.04 Å². The molecule has 0 aromatic heterocycles. The van der Waals surface area contributed by atoms with Crippen LogP contribution in [-0.4, -0.2) is 52.8 Å². The van der Waals surface area contributed by atoms with Crippen molar-refractivity contribution in [3.8, 4) is 0 Å². The first-order valence-electron chi connectivity index (χ1n) is 8.20. The molecule has 0 aliphatic rings. The van der Waals surface area contributed by atoms with E-state index in [-0.39, 0.29) is 18.0 Å². The number of nitrogens with zero attached hydrogens (tertiary/aromatic N) is 2. The minimum absolute atomic E-state index is 0.166. The summed E-state index contributed by atoms with van der Waals surface area (Å²) >= 11 is 0. The first-order chi connectivity index (χ1) is 12.3. The van der Waals surface area contributed by atoms with Gasteiger partial charge in [0.25, 0.3) is 11.8 Å². The third-order valence-corrected chi connectivity index (χ3v) is 4.04. The largest absolute Gasteiger partial charge is 0.480 e. The Kier molecular flexibility index (Phi) is 6.11. The van der Waals surface area contributed by atoms with E-state index in [2.05, 4.69) is 0 Å². The summed E-state index contributed by atoms with van der Waals surface area (Å²) in [5.41, 5.74) is 1.49. The Morgan fingerprint density at radius 2 is 1.50 bits per heavy atom. The maximum absolute atomic E-state index is 13.0. The Hall–Kier alpha value is -3.15. The van der Waals surface area contributed by atoms with Gasteiger partial charge >= 0.3 is 5.97 Å². The fourth-order valence-electron chi connectivity index (χ4n) is 2.51. The molecule has 0 spiro atoms. The molecule has 0 saturated carbocycles. The van der Waals surface area contributed by atoms with Gasteiger partial charge < -0.3 is 14.9 Å². The quantitative estimate of drug-likeness (QED) is 0.865. The Labute approximate surface area is 152 Å². The summed E-state index contributed by atoms with van der Waals surface area (Å²) in [6, 6.07) is 14.5. The molecule has 0 aliphatic heterocycles. The molecule has 26 heavy (non-hydrogen) atoms. The molecule has 0 saturated heterocycles. The predicted octanol–water partition coefficient (Wildman–Crippen LogP) is 2.50. The molecule has 2 aromatic rings. The maximum atomic E-state index is 13.0. The van der Waals surface area contributed by atoms with E-state index in [1.54, 1.807) is 32.3 Å². The highest BCUT2D eigenvalue weighted by molar-refractivity contribution is 6.00. The second-order valence-corrected chi connectivity index (χ2v) is 6.21. The van der Waals surface area contributed by atoms with Crippen LogP contribution in [0.1, 0.15) is 33.2 Å². The molecule has 0 heterocycles. The van der Waals surface area contributed by atoms with E-state index in [0.29, 0.717) is 5.56 Å². The van der Waals surface area contributed by atoms with Gasteiger partial charge in [-0.3, -0.25) is 9.59 Å². The second kappa shape index (κ2) is 8.29. The summed E-state index contributed by atoms with van der Waals surface area (Å²) in [5.74, 6) is -1.74. The van der Waals surface area contributed by atoms with Gasteiger partial charge in [-0.1, -0.05) is 36.4 Å². The lowest BCUT2D eigenvalue weighted by molar-refractivity contribution is -0.141. The van der Waals surface area contributed by atoms with Crippen LogP contribution in [0.4, 0.5) is 0 Å². The first kappa shape index (κ1) is 19.2. The number of rotatable bonds is 6. The zero-order chi connectivity index (χ0) is 19.3. The van der Waals surface area contributed by atoms with Crippen LogP contribution in [0.2, 0.25) is 0 Å². The van der Waals surface area contributed by atoms with E-state index in [9.17, 15) is 19.5 Å². The summed E-state index contributed by atoms with van der Waals surface area (Å²) in [6.07, 6.45) is 0. The van der Waals surface area contributed by atoms with Crippen molar-refractivity contribution >= 4 is 17.8 Å². The lowest BCUT2D eigenvalue weighted by Crippen LogP contribution is -2.42. The molecule has 0 fully saturated rings. The summed E-state index contributed by atoms with van der Waals surface area (Å²) in [5, 5.41) is 9.39. The van der Waals surface area contributed by atoms with Crippen LogP contribution in [-0.2, 0) is 11.3 Å². The molecule has 6 heteroatoms.